The molecule has 1 aliphatic carbocycles. The highest BCUT2D eigenvalue weighted by molar-refractivity contribution is 4.96. The van der Waals surface area contributed by atoms with Gasteiger partial charge in [0.05, 0.1) is 6.61 Å². The van der Waals surface area contributed by atoms with E-state index in [4.69, 9.17) is 5.11 Å². The zero-order valence-electron chi connectivity index (χ0n) is 7.51. The molecule has 2 N–H and O–H groups in total. The molecule has 2 nitrogen and oxygen atoms in total. The molecule has 2 rings (SSSR count). The van der Waals surface area contributed by atoms with Gasteiger partial charge in [-0.3, -0.25) is 0 Å². The third kappa shape index (κ3) is 1.74. The summed E-state index contributed by atoms with van der Waals surface area (Å²) < 4.78 is 0. The van der Waals surface area contributed by atoms with Gasteiger partial charge in [-0.2, -0.15) is 0 Å². The van der Waals surface area contributed by atoms with Crippen LogP contribution >= 0.6 is 0 Å². The van der Waals surface area contributed by atoms with Crippen molar-refractivity contribution in [2.75, 3.05) is 6.61 Å². The molecule has 3 atom stereocenters. The molecular weight excluding hydrogens is 138 g/mol. The average molecular weight is 157 g/mol. The normalized spacial score (nSPS) is 40.1. The van der Waals surface area contributed by atoms with Gasteiger partial charge in [0.15, 0.2) is 0 Å². The lowest BCUT2D eigenvalue weighted by Crippen LogP contribution is -2.37. The summed E-state index contributed by atoms with van der Waals surface area (Å²) >= 11 is 0. The van der Waals surface area contributed by atoms with E-state index in [1.54, 1.807) is 0 Å². The molecule has 1 aliphatic heterocycles. The van der Waals surface area contributed by atoms with Gasteiger partial charge in [-0.1, -0.05) is 13.8 Å². The Morgan fingerprint density at radius 2 is 2.09 bits per heavy atom. The Morgan fingerprint density at radius 1 is 1.36 bits per heavy atom. The molecule has 66 valence electrons. The first-order valence-electron chi connectivity index (χ1n) is 4.77. The zero-order chi connectivity index (χ0) is 8.27. The van der Waals surface area contributed by atoms with Crippen molar-refractivity contribution < 1.29 is 5.11 Å². The summed E-state index contributed by atoms with van der Waals surface area (Å²) in [7, 11) is 0. The Kier molecular flexibility index (Phi) is 3.34. The maximum Gasteiger partial charge on any atom is 0.0587 e. The summed E-state index contributed by atoms with van der Waals surface area (Å²) in [5, 5.41) is 12.2. The lowest BCUT2D eigenvalue weighted by Gasteiger charge is -2.20. The molecule has 0 aromatic carbocycles. The Morgan fingerprint density at radius 3 is 2.36 bits per heavy atom. The number of rotatable bonds is 1. The standard InChI is InChI=1S/C7H13NO.C2H6/c9-4-7-5-1-2-6(3-5)8-7;1-2/h5-9H,1-4H2;1-2H3/t5?,6?,7-;/m0./s1. The van der Waals surface area contributed by atoms with Crippen LogP contribution in [0.2, 0.25) is 0 Å². The number of aliphatic hydroxyl groups excluding tert-OH is 1. The summed E-state index contributed by atoms with van der Waals surface area (Å²) in [4.78, 5) is 0. The second-order valence-corrected chi connectivity index (χ2v) is 3.23. The van der Waals surface area contributed by atoms with Crippen molar-refractivity contribution in [3.63, 3.8) is 0 Å². The van der Waals surface area contributed by atoms with E-state index in [0.29, 0.717) is 12.6 Å². The first kappa shape index (κ1) is 9.01. The van der Waals surface area contributed by atoms with E-state index in [9.17, 15) is 0 Å². The molecule has 0 aromatic heterocycles. The van der Waals surface area contributed by atoms with Crippen LogP contribution in [0.3, 0.4) is 0 Å². The third-order valence-electron chi connectivity index (χ3n) is 2.69. The minimum atomic E-state index is 0.334. The average Bonchev–Trinajstić information content (AvgIpc) is 2.67. The van der Waals surface area contributed by atoms with Gasteiger partial charge in [0.25, 0.3) is 0 Å². The highest BCUT2D eigenvalue weighted by atomic mass is 16.3. The second-order valence-electron chi connectivity index (χ2n) is 3.23. The zero-order valence-corrected chi connectivity index (χ0v) is 7.51. The first-order valence-corrected chi connectivity index (χ1v) is 4.77. The fourth-order valence-corrected chi connectivity index (χ4v) is 2.17. The molecule has 1 heterocycles. The van der Waals surface area contributed by atoms with E-state index in [1.165, 1.54) is 19.3 Å². The van der Waals surface area contributed by atoms with E-state index in [2.05, 4.69) is 5.32 Å². The van der Waals surface area contributed by atoms with Crippen LogP contribution < -0.4 is 5.32 Å². The molecule has 0 spiro atoms. The maximum atomic E-state index is 8.83. The topological polar surface area (TPSA) is 32.3 Å². The van der Waals surface area contributed by atoms with Gasteiger partial charge in [-0.25, -0.2) is 0 Å². The van der Waals surface area contributed by atoms with Crippen molar-refractivity contribution in [2.45, 2.75) is 45.2 Å². The molecule has 1 saturated heterocycles. The lowest BCUT2D eigenvalue weighted by atomic mass is 10.0. The van der Waals surface area contributed by atoms with Gasteiger partial charge in [0.1, 0.15) is 0 Å². The molecule has 2 fully saturated rings. The molecule has 2 bridgehead atoms. The Bertz CT molecular complexity index is 116. The Balaban J connectivity index is 0.000000281. The van der Waals surface area contributed by atoms with Crippen molar-refractivity contribution in [3.05, 3.63) is 0 Å². The minimum absolute atomic E-state index is 0.334. The number of fused-ring (bicyclic) bond motifs is 2. The molecule has 2 heteroatoms. The van der Waals surface area contributed by atoms with Crippen LogP contribution in [0.4, 0.5) is 0 Å². The summed E-state index contributed by atoms with van der Waals surface area (Å²) in [6.45, 7) is 4.33. The summed E-state index contributed by atoms with van der Waals surface area (Å²) in [6, 6.07) is 1.18. The Hall–Kier alpha value is -0.0800. The van der Waals surface area contributed by atoms with Gasteiger partial charge in [-0.05, 0) is 25.2 Å². The highest BCUT2D eigenvalue weighted by Crippen LogP contribution is 2.34. The number of hydrogen-bond acceptors (Lipinski definition) is 2. The fraction of sp³-hybridized carbons (Fsp3) is 1.00. The molecular formula is C9H19NO. The van der Waals surface area contributed by atoms with Crippen molar-refractivity contribution in [1.82, 2.24) is 5.32 Å². The van der Waals surface area contributed by atoms with Gasteiger partial charge in [0.2, 0.25) is 0 Å². The van der Waals surface area contributed by atoms with E-state index >= 15 is 0 Å². The third-order valence-corrected chi connectivity index (χ3v) is 2.69. The van der Waals surface area contributed by atoms with Crippen molar-refractivity contribution in [3.8, 4) is 0 Å². The van der Waals surface area contributed by atoms with Crippen molar-refractivity contribution >= 4 is 0 Å². The number of hydrogen-bond donors (Lipinski definition) is 2. The van der Waals surface area contributed by atoms with E-state index in [1.807, 2.05) is 13.8 Å². The largest absolute Gasteiger partial charge is 0.395 e. The smallest absolute Gasteiger partial charge is 0.0587 e. The number of nitrogens with one attached hydrogen (secondary N) is 1. The molecule has 2 unspecified atom stereocenters. The second kappa shape index (κ2) is 4.07. The van der Waals surface area contributed by atoms with Gasteiger partial charge < -0.3 is 10.4 Å². The highest BCUT2D eigenvalue weighted by Gasteiger charge is 2.38. The predicted molar refractivity (Wildman–Crippen MR) is 46.5 cm³/mol. The SMILES string of the molecule is CC.OC[C@@H]1NC2CCC1C2. The van der Waals surface area contributed by atoms with Gasteiger partial charge in [0, 0.05) is 12.1 Å². The van der Waals surface area contributed by atoms with Crippen LogP contribution in [0.5, 0.6) is 0 Å². The van der Waals surface area contributed by atoms with E-state index in [0.717, 1.165) is 12.0 Å². The van der Waals surface area contributed by atoms with Crippen molar-refractivity contribution in [1.29, 1.82) is 0 Å². The van der Waals surface area contributed by atoms with Crippen LogP contribution in [0.15, 0.2) is 0 Å². The molecule has 0 amide bonds. The fourth-order valence-electron chi connectivity index (χ4n) is 2.17. The van der Waals surface area contributed by atoms with E-state index < -0.39 is 0 Å². The quantitative estimate of drug-likeness (QED) is 0.598. The van der Waals surface area contributed by atoms with Gasteiger partial charge in [-0.15, -0.1) is 0 Å². The molecule has 1 saturated carbocycles. The monoisotopic (exact) mass is 157 g/mol. The van der Waals surface area contributed by atoms with Crippen LogP contribution in [-0.2, 0) is 0 Å². The van der Waals surface area contributed by atoms with Crippen molar-refractivity contribution in [2.24, 2.45) is 5.92 Å². The lowest BCUT2D eigenvalue weighted by molar-refractivity contribution is 0.210. The first-order chi connectivity index (χ1) is 5.40. The van der Waals surface area contributed by atoms with Crippen LogP contribution in [0.25, 0.3) is 0 Å². The van der Waals surface area contributed by atoms with Crippen LogP contribution in [-0.4, -0.2) is 23.8 Å². The van der Waals surface area contributed by atoms with Crippen LogP contribution in [0.1, 0.15) is 33.1 Å². The molecule has 2 aliphatic rings. The molecule has 11 heavy (non-hydrogen) atoms. The maximum absolute atomic E-state index is 8.83. The predicted octanol–water partition coefficient (Wildman–Crippen LogP) is 1.15. The number of piperidine rings is 1. The van der Waals surface area contributed by atoms with Crippen LogP contribution in [0, 0.1) is 5.92 Å². The summed E-state index contributed by atoms with van der Waals surface area (Å²) in [6.07, 6.45) is 3.98. The van der Waals surface area contributed by atoms with Gasteiger partial charge >= 0.3 is 0 Å². The minimum Gasteiger partial charge on any atom is -0.395 e. The Labute approximate surface area is 69.0 Å². The molecule has 0 radical (unpaired) electrons. The number of aliphatic hydroxyl groups is 1. The molecule has 0 aromatic rings. The summed E-state index contributed by atoms with van der Waals surface area (Å²) in [5.74, 6) is 0.792. The summed E-state index contributed by atoms with van der Waals surface area (Å²) in [5.41, 5.74) is 0. The van der Waals surface area contributed by atoms with E-state index in [-0.39, 0.29) is 0 Å².